The molecule has 0 atom stereocenters. The van der Waals surface area contributed by atoms with Gasteiger partial charge in [0.1, 0.15) is 0 Å². The predicted molar refractivity (Wildman–Crippen MR) is 39.7 cm³/mol. The van der Waals surface area contributed by atoms with E-state index in [0.29, 0.717) is 12.8 Å². The molecule has 0 amide bonds. The molecular formula is C7H14Na3O3P. The summed E-state index contributed by atoms with van der Waals surface area (Å²) < 4.78 is 0. The van der Waals surface area contributed by atoms with Gasteiger partial charge in [0.2, 0.25) is 0 Å². The normalized spacial score (nSPS) is 20.4. The van der Waals surface area contributed by atoms with Gasteiger partial charge < -0.3 is 0 Å². The molecule has 0 unspecified atom stereocenters. The Bertz CT molecular complexity index is 145. The van der Waals surface area contributed by atoms with Crippen molar-refractivity contribution in [2.45, 2.75) is 37.8 Å². The van der Waals surface area contributed by atoms with Crippen molar-refractivity contribution in [2.75, 3.05) is 6.66 Å². The van der Waals surface area contributed by atoms with Gasteiger partial charge in [0.15, 0.2) is 0 Å². The first-order chi connectivity index (χ1) is 4.86. The number of hydrogen-bond acceptors (Lipinski definition) is 3. The monoisotopic (exact) mass is 246 g/mol. The SMILES string of the molecule is CP([O-])([O-])([O-])C1CCCCC1.[Na+].[Na+].[Na+]. The van der Waals surface area contributed by atoms with Crippen LogP contribution in [0.15, 0.2) is 0 Å². The van der Waals surface area contributed by atoms with Crippen LogP contribution in [0.5, 0.6) is 0 Å². The molecule has 0 aliphatic heterocycles. The second-order valence-corrected chi connectivity index (χ2v) is 7.06. The second kappa shape index (κ2) is 8.42. The summed E-state index contributed by atoms with van der Waals surface area (Å²) in [7, 11) is -4.96. The number of rotatable bonds is 1. The van der Waals surface area contributed by atoms with Crippen molar-refractivity contribution in [3.8, 4) is 0 Å². The zero-order valence-electron chi connectivity index (χ0n) is 9.78. The Balaban J connectivity index is -0.000000403. The Morgan fingerprint density at radius 2 is 1.21 bits per heavy atom. The molecule has 7 heteroatoms. The van der Waals surface area contributed by atoms with Crippen LogP contribution in [0.1, 0.15) is 32.1 Å². The molecule has 0 aromatic heterocycles. The average Bonchev–Trinajstić information content (AvgIpc) is 1.86. The van der Waals surface area contributed by atoms with Crippen LogP contribution in [0.25, 0.3) is 0 Å². The predicted octanol–water partition coefficient (Wildman–Crippen LogP) is -9.66. The molecular weight excluding hydrogens is 232 g/mol. The van der Waals surface area contributed by atoms with E-state index < -0.39 is 12.9 Å². The van der Waals surface area contributed by atoms with Gasteiger partial charge in [0.25, 0.3) is 0 Å². The summed E-state index contributed by atoms with van der Waals surface area (Å²) >= 11 is 0. The molecule has 1 rings (SSSR count). The van der Waals surface area contributed by atoms with Crippen molar-refractivity contribution in [2.24, 2.45) is 0 Å². The van der Waals surface area contributed by atoms with Gasteiger partial charge in [-0.1, -0.05) is 0 Å². The van der Waals surface area contributed by atoms with Crippen LogP contribution in [0.2, 0.25) is 0 Å². The van der Waals surface area contributed by atoms with E-state index in [9.17, 15) is 14.7 Å². The van der Waals surface area contributed by atoms with E-state index in [-0.39, 0.29) is 88.7 Å². The molecule has 68 valence electrons. The molecule has 0 bridgehead atoms. The van der Waals surface area contributed by atoms with Gasteiger partial charge in [-0.15, -0.1) is 0 Å². The van der Waals surface area contributed by atoms with Gasteiger partial charge in [0.05, 0.1) is 0 Å². The van der Waals surface area contributed by atoms with Gasteiger partial charge >= 0.3 is 155 Å². The summed E-state index contributed by atoms with van der Waals surface area (Å²) in [5.41, 5.74) is -0.588. The first-order valence-corrected chi connectivity index (χ1v) is 6.58. The maximum absolute atomic E-state index is 11.1. The molecule has 0 N–H and O–H groups in total. The van der Waals surface area contributed by atoms with E-state index in [4.69, 9.17) is 0 Å². The summed E-state index contributed by atoms with van der Waals surface area (Å²) in [4.78, 5) is 33.2. The van der Waals surface area contributed by atoms with E-state index >= 15 is 0 Å². The van der Waals surface area contributed by atoms with E-state index in [2.05, 4.69) is 0 Å². The van der Waals surface area contributed by atoms with Crippen molar-refractivity contribution in [1.82, 2.24) is 0 Å². The number of hydrogen-bond donors (Lipinski definition) is 0. The molecule has 0 saturated heterocycles. The van der Waals surface area contributed by atoms with Crippen molar-refractivity contribution in [3.63, 3.8) is 0 Å². The molecule has 0 aromatic carbocycles. The second-order valence-electron chi connectivity index (χ2n) is 3.64. The zero-order valence-corrected chi connectivity index (χ0v) is 16.7. The van der Waals surface area contributed by atoms with Crippen LogP contribution in [-0.4, -0.2) is 12.3 Å². The molecule has 0 spiro atoms. The minimum atomic E-state index is -4.96. The summed E-state index contributed by atoms with van der Waals surface area (Å²) in [6, 6.07) is 0. The van der Waals surface area contributed by atoms with E-state index in [1.54, 1.807) is 0 Å². The van der Waals surface area contributed by atoms with Crippen molar-refractivity contribution < 1.29 is 103 Å². The Morgan fingerprint density at radius 3 is 1.43 bits per heavy atom. The van der Waals surface area contributed by atoms with Crippen LogP contribution in [0.3, 0.4) is 0 Å². The van der Waals surface area contributed by atoms with Crippen LogP contribution in [-0.2, 0) is 0 Å². The van der Waals surface area contributed by atoms with Crippen LogP contribution in [0.4, 0.5) is 0 Å². The third kappa shape index (κ3) is 8.41. The van der Waals surface area contributed by atoms with Crippen LogP contribution >= 0.6 is 7.28 Å². The van der Waals surface area contributed by atoms with Gasteiger partial charge in [-0.25, -0.2) is 0 Å². The Morgan fingerprint density at radius 1 is 0.857 bits per heavy atom. The third-order valence-corrected chi connectivity index (χ3v) is 4.53. The molecule has 0 aromatic rings. The summed E-state index contributed by atoms with van der Waals surface area (Å²) in [5.74, 6) is 0. The molecule has 1 aliphatic carbocycles. The maximum atomic E-state index is 11.1. The van der Waals surface area contributed by atoms with E-state index in [1.807, 2.05) is 0 Å². The Kier molecular flexibility index (Phi) is 13.5. The van der Waals surface area contributed by atoms with Crippen molar-refractivity contribution in [1.29, 1.82) is 0 Å². The average molecular weight is 246 g/mol. The van der Waals surface area contributed by atoms with Gasteiger partial charge in [-0.3, -0.25) is 0 Å². The molecule has 14 heavy (non-hydrogen) atoms. The fourth-order valence-corrected chi connectivity index (χ4v) is 3.17. The maximum Gasteiger partial charge on any atom is 1.00 e. The van der Waals surface area contributed by atoms with E-state index in [0.717, 1.165) is 25.9 Å². The van der Waals surface area contributed by atoms with Gasteiger partial charge in [-0.2, -0.15) is 0 Å². The quantitative estimate of drug-likeness (QED) is 0.341. The Hall–Kier alpha value is 3.31. The minimum Gasteiger partial charge on any atom is 1.00 e. The molecule has 1 fully saturated rings. The van der Waals surface area contributed by atoms with Gasteiger partial charge in [0, 0.05) is 0 Å². The first kappa shape index (κ1) is 22.5. The fraction of sp³-hybridized carbons (Fsp3) is 1.00. The molecule has 0 heterocycles. The molecule has 0 radical (unpaired) electrons. The summed E-state index contributed by atoms with van der Waals surface area (Å²) in [6.45, 7) is 0.863. The summed E-state index contributed by atoms with van der Waals surface area (Å²) in [6.07, 6.45) is 4.00. The standard InChI is InChI=1S/C7H14O3P.3Na/c1-11(8,9,10)7-5-3-2-4-6-7;;;/h7H,2-6H2,1H3;;;/q-3;3*+1. The largest absolute Gasteiger partial charge is 1.00 e. The molecule has 1 aliphatic rings. The van der Waals surface area contributed by atoms with Crippen LogP contribution in [0, 0.1) is 0 Å². The molecule has 3 nitrogen and oxygen atoms in total. The van der Waals surface area contributed by atoms with Crippen molar-refractivity contribution >= 4 is 7.28 Å². The Labute approximate surface area is 152 Å². The van der Waals surface area contributed by atoms with E-state index in [1.165, 1.54) is 0 Å². The topological polar surface area (TPSA) is 69.2 Å². The summed E-state index contributed by atoms with van der Waals surface area (Å²) in [5, 5.41) is 0. The minimum absolute atomic E-state index is 0. The molecule has 1 saturated carbocycles. The smallest absolute Gasteiger partial charge is 1.00 e. The van der Waals surface area contributed by atoms with Crippen molar-refractivity contribution in [3.05, 3.63) is 0 Å². The zero-order chi connectivity index (χ0) is 8.56. The third-order valence-electron chi connectivity index (χ3n) is 2.39. The van der Waals surface area contributed by atoms with Crippen LogP contribution < -0.4 is 103 Å². The van der Waals surface area contributed by atoms with Gasteiger partial charge in [-0.05, 0) is 0 Å². The first-order valence-electron chi connectivity index (χ1n) is 4.07. The fourth-order valence-electron chi connectivity index (χ4n) is 1.66.